The highest BCUT2D eigenvalue weighted by Gasteiger charge is 2.13. The van der Waals surface area contributed by atoms with Gasteiger partial charge < -0.3 is 9.73 Å². The summed E-state index contributed by atoms with van der Waals surface area (Å²) < 4.78 is 5.34. The maximum Gasteiger partial charge on any atom is 0.346 e. The van der Waals surface area contributed by atoms with E-state index in [4.69, 9.17) is 16.0 Å². The van der Waals surface area contributed by atoms with Crippen LogP contribution in [0.25, 0.3) is 21.5 Å². The largest absolute Gasteiger partial charge is 0.422 e. The van der Waals surface area contributed by atoms with Gasteiger partial charge in [0.2, 0.25) is 5.13 Å². The van der Waals surface area contributed by atoms with Gasteiger partial charge in [-0.1, -0.05) is 53.3 Å². The van der Waals surface area contributed by atoms with Gasteiger partial charge in [-0.3, -0.25) is 0 Å². The van der Waals surface area contributed by atoms with E-state index < -0.39 is 5.63 Å². The van der Waals surface area contributed by atoms with Crippen LogP contribution in [0.1, 0.15) is 0 Å². The van der Waals surface area contributed by atoms with E-state index in [0.29, 0.717) is 26.3 Å². The van der Waals surface area contributed by atoms with Crippen molar-refractivity contribution in [3.63, 3.8) is 0 Å². The predicted molar refractivity (Wildman–Crippen MR) is 96.1 cm³/mol. The Balaban J connectivity index is 1.71. The molecule has 2 heterocycles. The van der Waals surface area contributed by atoms with Crippen molar-refractivity contribution in [3.05, 3.63) is 70.0 Å². The number of benzene rings is 2. The molecule has 0 spiro atoms. The molecule has 0 atom stereocenters. The lowest BCUT2D eigenvalue weighted by Crippen LogP contribution is -2.02. The van der Waals surface area contributed by atoms with E-state index in [9.17, 15) is 4.79 Å². The van der Waals surface area contributed by atoms with Crippen LogP contribution in [0.15, 0.2) is 63.8 Å². The quantitative estimate of drug-likeness (QED) is 0.539. The number of halogens is 1. The Kier molecular flexibility index (Phi) is 3.76. The number of para-hydroxylation sites is 2. The van der Waals surface area contributed by atoms with E-state index >= 15 is 0 Å². The lowest BCUT2D eigenvalue weighted by Gasteiger charge is -2.03. The molecule has 4 aromatic rings. The summed E-state index contributed by atoms with van der Waals surface area (Å²) >= 11 is 7.38. The Hall–Kier alpha value is -2.70. The molecule has 2 aromatic heterocycles. The number of hydrogen-bond acceptors (Lipinski definition) is 6. The molecule has 0 radical (unpaired) electrons. The summed E-state index contributed by atoms with van der Waals surface area (Å²) in [6, 6.07) is 16.4. The van der Waals surface area contributed by atoms with Crippen molar-refractivity contribution in [2.45, 2.75) is 0 Å². The van der Waals surface area contributed by atoms with Gasteiger partial charge in [0.25, 0.3) is 0 Å². The number of rotatable bonds is 3. The van der Waals surface area contributed by atoms with Crippen LogP contribution in [0.4, 0.5) is 10.8 Å². The van der Waals surface area contributed by atoms with Crippen LogP contribution < -0.4 is 10.9 Å². The monoisotopic (exact) mass is 355 g/mol. The Bertz CT molecular complexity index is 1090. The zero-order valence-corrected chi connectivity index (χ0v) is 13.8. The topological polar surface area (TPSA) is 68.0 Å². The molecule has 0 saturated carbocycles. The number of anilines is 2. The van der Waals surface area contributed by atoms with E-state index in [1.807, 2.05) is 36.4 Å². The first kappa shape index (κ1) is 14.9. The molecule has 5 nitrogen and oxygen atoms in total. The van der Waals surface area contributed by atoms with Crippen LogP contribution >= 0.6 is 22.9 Å². The van der Waals surface area contributed by atoms with Crippen molar-refractivity contribution in [1.82, 2.24) is 10.2 Å². The summed E-state index contributed by atoms with van der Waals surface area (Å²) in [7, 11) is 0. The second-order valence-corrected chi connectivity index (χ2v) is 6.39. The summed E-state index contributed by atoms with van der Waals surface area (Å²) in [5.41, 5.74) is 1.23. The first-order valence-corrected chi connectivity index (χ1v) is 8.28. The van der Waals surface area contributed by atoms with Crippen LogP contribution in [0, 0.1) is 0 Å². The molecule has 0 amide bonds. The van der Waals surface area contributed by atoms with Crippen molar-refractivity contribution in [3.8, 4) is 10.6 Å². The molecular formula is C17H10ClN3O2S. The highest BCUT2D eigenvalue weighted by Crippen LogP contribution is 2.30. The second-order valence-electron chi connectivity index (χ2n) is 5.00. The molecule has 0 aliphatic carbocycles. The molecule has 0 fully saturated rings. The molecule has 118 valence electrons. The first-order valence-electron chi connectivity index (χ1n) is 7.09. The molecule has 0 aliphatic heterocycles. The van der Waals surface area contributed by atoms with Gasteiger partial charge in [-0.15, -0.1) is 10.2 Å². The van der Waals surface area contributed by atoms with E-state index in [0.717, 1.165) is 11.1 Å². The Labute approximate surface area is 145 Å². The van der Waals surface area contributed by atoms with Crippen LogP contribution in [0.5, 0.6) is 0 Å². The molecule has 7 heteroatoms. The number of fused-ring (bicyclic) bond motifs is 1. The zero-order chi connectivity index (χ0) is 16.5. The van der Waals surface area contributed by atoms with Gasteiger partial charge in [0, 0.05) is 5.39 Å². The van der Waals surface area contributed by atoms with Crippen LogP contribution in [-0.2, 0) is 0 Å². The number of hydrogen-bond donors (Lipinski definition) is 1. The first-order chi connectivity index (χ1) is 11.7. The van der Waals surface area contributed by atoms with E-state index in [2.05, 4.69) is 15.5 Å². The van der Waals surface area contributed by atoms with Gasteiger partial charge in [-0.05, 0) is 24.3 Å². The van der Waals surface area contributed by atoms with Crippen molar-refractivity contribution in [2.24, 2.45) is 0 Å². The average Bonchev–Trinajstić information content (AvgIpc) is 3.04. The Morgan fingerprint density at radius 1 is 1.04 bits per heavy atom. The molecule has 0 unspecified atom stereocenters. The summed E-state index contributed by atoms with van der Waals surface area (Å²) in [4.78, 5) is 12.2. The molecule has 0 bridgehead atoms. The van der Waals surface area contributed by atoms with Crippen LogP contribution in [0.2, 0.25) is 5.02 Å². The van der Waals surface area contributed by atoms with E-state index in [-0.39, 0.29) is 0 Å². The second kappa shape index (κ2) is 6.07. The number of nitrogens with one attached hydrogen (secondary N) is 1. The summed E-state index contributed by atoms with van der Waals surface area (Å²) in [5, 5.41) is 13.7. The molecule has 4 rings (SSSR count). The fourth-order valence-corrected chi connectivity index (χ4v) is 3.21. The minimum atomic E-state index is -0.436. The van der Waals surface area contributed by atoms with Gasteiger partial charge in [-0.2, -0.15) is 0 Å². The molecule has 2 aromatic carbocycles. The van der Waals surface area contributed by atoms with Gasteiger partial charge >= 0.3 is 5.63 Å². The van der Waals surface area contributed by atoms with Crippen molar-refractivity contribution in [1.29, 1.82) is 0 Å². The van der Waals surface area contributed by atoms with Crippen molar-refractivity contribution < 1.29 is 4.42 Å². The Morgan fingerprint density at radius 3 is 2.71 bits per heavy atom. The highest BCUT2D eigenvalue weighted by atomic mass is 35.5. The highest BCUT2D eigenvalue weighted by molar-refractivity contribution is 7.18. The van der Waals surface area contributed by atoms with Gasteiger partial charge in [0.1, 0.15) is 5.58 Å². The van der Waals surface area contributed by atoms with Crippen molar-refractivity contribution in [2.75, 3.05) is 5.32 Å². The standard InChI is InChI=1S/C17H10ClN3O2S/c18-12-6-2-3-7-13(12)19-17-21-20-15(24-17)11-9-10-5-1-4-8-14(10)23-16(11)22/h1-9H,(H,19,21). The van der Waals surface area contributed by atoms with Crippen LogP contribution in [0.3, 0.4) is 0 Å². The normalized spacial score (nSPS) is 10.9. The van der Waals surface area contributed by atoms with Gasteiger partial charge in [0.15, 0.2) is 5.01 Å². The minimum Gasteiger partial charge on any atom is -0.422 e. The third kappa shape index (κ3) is 2.77. The SMILES string of the molecule is O=c1oc2ccccc2cc1-c1nnc(Nc2ccccc2Cl)s1. The van der Waals surface area contributed by atoms with Gasteiger partial charge in [0.05, 0.1) is 16.3 Å². The minimum absolute atomic E-state index is 0.387. The fourth-order valence-electron chi connectivity index (χ4n) is 2.27. The van der Waals surface area contributed by atoms with E-state index in [1.165, 1.54) is 11.3 Å². The zero-order valence-electron chi connectivity index (χ0n) is 12.2. The summed E-state index contributed by atoms with van der Waals surface area (Å²) in [5.74, 6) is 0. The summed E-state index contributed by atoms with van der Waals surface area (Å²) in [6.45, 7) is 0. The lowest BCUT2D eigenvalue weighted by atomic mass is 10.2. The fraction of sp³-hybridized carbons (Fsp3) is 0. The number of nitrogens with zero attached hydrogens (tertiary/aromatic N) is 2. The van der Waals surface area contributed by atoms with Gasteiger partial charge in [-0.25, -0.2) is 4.79 Å². The van der Waals surface area contributed by atoms with Crippen molar-refractivity contribution >= 4 is 44.7 Å². The molecule has 0 aliphatic rings. The molecule has 0 saturated heterocycles. The Morgan fingerprint density at radius 2 is 1.83 bits per heavy atom. The molecule has 24 heavy (non-hydrogen) atoms. The number of aromatic nitrogens is 2. The van der Waals surface area contributed by atoms with E-state index in [1.54, 1.807) is 18.2 Å². The third-order valence-electron chi connectivity index (χ3n) is 3.41. The molecular weight excluding hydrogens is 346 g/mol. The average molecular weight is 356 g/mol. The third-order valence-corrected chi connectivity index (χ3v) is 4.61. The maximum atomic E-state index is 12.2. The smallest absolute Gasteiger partial charge is 0.346 e. The lowest BCUT2D eigenvalue weighted by molar-refractivity contribution is 0.563. The maximum absolute atomic E-state index is 12.2. The van der Waals surface area contributed by atoms with Crippen LogP contribution in [-0.4, -0.2) is 10.2 Å². The summed E-state index contributed by atoms with van der Waals surface area (Å²) in [6.07, 6.45) is 0. The predicted octanol–water partition coefficient (Wildman–Crippen LogP) is 4.71. The molecule has 1 N–H and O–H groups in total.